The lowest BCUT2D eigenvalue weighted by Crippen LogP contribution is -2.36. The maximum Gasteiger partial charge on any atom is 0.255 e. The number of amides is 1. The van der Waals surface area contributed by atoms with Gasteiger partial charge in [0.2, 0.25) is 10.0 Å². The Hall–Kier alpha value is -2.78. The van der Waals surface area contributed by atoms with E-state index in [1.807, 2.05) is 0 Å². The number of benzene rings is 2. The van der Waals surface area contributed by atoms with Crippen LogP contribution in [0.25, 0.3) is 0 Å². The molecular formula is C18H20FN3O4S. The molecule has 0 bridgehead atoms. The van der Waals surface area contributed by atoms with E-state index >= 15 is 0 Å². The Labute approximate surface area is 157 Å². The summed E-state index contributed by atoms with van der Waals surface area (Å²) in [7, 11) is -1.30. The number of hydrogen-bond donors (Lipinski definition) is 1. The number of ether oxygens (including phenoxy) is 1. The summed E-state index contributed by atoms with van der Waals surface area (Å²) in [5, 5.41) is 3.65. The van der Waals surface area contributed by atoms with Crippen LogP contribution in [0.5, 0.6) is 5.75 Å². The first kappa shape index (κ1) is 20.5. The number of aryl methyl sites for hydroxylation is 1. The smallest absolute Gasteiger partial charge is 0.255 e. The number of hydrogen-bond acceptors (Lipinski definition) is 5. The zero-order valence-corrected chi connectivity index (χ0v) is 16.0. The Morgan fingerprint density at radius 3 is 2.67 bits per heavy atom. The summed E-state index contributed by atoms with van der Waals surface area (Å²) < 4.78 is 44.9. The average molecular weight is 393 g/mol. The lowest BCUT2D eigenvalue weighted by molar-refractivity contribution is -0.121. The van der Waals surface area contributed by atoms with Crippen LogP contribution in [0.15, 0.2) is 52.5 Å². The van der Waals surface area contributed by atoms with Crippen molar-refractivity contribution in [3.8, 4) is 5.75 Å². The van der Waals surface area contributed by atoms with E-state index in [-0.39, 0.29) is 16.2 Å². The third kappa shape index (κ3) is 5.11. The number of carbonyl (C=O) groups is 1. The Bertz CT molecular complexity index is 961. The summed E-state index contributed by atoms with van der Waals surface area (Å²) >= 11 is 0. The molecule has 0 radical (unpaired) electrons. The van der Waals surface area contributed by atoms with Crippen molar-refractivity contribution in [1.82, 2.24) is 9.73 Å². The highest BCUT2D eigenvalue weighted by Crippen LogP contribution is 2.26. The number of nitrogens with one attached hydrogen (secondary N) is 1. The minimum atomic E-state index is -3.95. The summed E-state index contributed by atoms with van der Waals surface area (Å²) in [5.74, 6) is -0.965. The fourth-order valence-electron chi connectivity index (χ4n) is 2.23. The first-order chi connectivity index (χ1) is 12.8. The van der Waals surface area contributed by atoms with Crippen LogP contribution in [0.3, 0.4) is 0 Å². The molecule has 0 aliphatic rings. The molecule has 2 rings (SSSR count). The molecule has 0 aliphatic carbocycles. The number of carbonyl (C=O) groups excluding carboxylic acids is 1. The zero-order valence-electron chi connectivity index (χ0n) is 15.1. The normalized spacial score (nSPS) is 11.7. The maximum absolute atomic E-state index is 13.5. The standard InChI is InChI=1S/C18H20FN3O4S/c1-13-8-9-16(26-3)17(10-13)27(24,25)22(2)12-18(23)21-20-11-14-6-4-5-7-15(14)19/h4-11H,12H2,1-3H3,(H,21,23)/b20-11+. The number of nitrogens with zero attached hydrogens (tertiary/aromatic N) is 2. The van der Waals surface area contributed by atoms with Crippen molar-refractivity contribution >= 4 is 22.1 Å². The number of methoxy groups -OCH3 is 1. The van der Waals surface area contributed by atoms with Gasteiger partial charge in [-0.05, 0) is 30.7 Å². The van der Waals surface area contributed by atoms with Crippen LogP contribution in [0.4, 0.5) is 4.39 Å². The molecule has 144 valence electrons. The zero-order chi connectivity index (χ0) is 20.0. The molecule has 0 saturated heterocycles. The van der Waals surface area contributed by atoms with Crippen molar-refractivity contribution in [2.24, 2.45) is 5.10 Å². The molecule has 0 aliphatic heterocycles. The Balaban J connectivity index is 2.07. The molecule has 0 saturated carbocycles. The van der Waals surface area contributed by atoms with Crippen LogP contribution in [-0.2, 0) is 14.8 Å². The van der Waals surface area contributed by atoms with Gasteiger partial charge >= 0.3 is 0 Å². The fraction of sp³-hybridized carbons (Fsp3) is 0.222. The van der Waals surface area contributed by atoms with Crippen LogP contribution >= 0.6 is 0 Å². The van der Waals surface area contributed by atoms with Crippen molar-refractivity contribution in [3.63, 3.8) is 0 Å². The molecule has 0 fully saturated rings. The number of rotatable bonds is 7. The second-order valence-electron chi connectivity index (χ2n) is 5.73. The Morgan fingerprint density at radius 1 is 1.30 bits per heavy atom. The predicted octanol–water partition coefficient (Wildman–Crippen LogP) is 1.91. The molecular weight excluding hydrogens is 373 g/mol. The molecule has 9 heteroatoms. The molecule has 0 spiro atoms. The third-order valence-corrected chi connectivity index (χ3v) is 5.50. The quantitative estimate of drug-likeness (QED) is 0.575. The maximum atomic E-state index is 13.5. The summed E-state index contributed by atoms with van der Waals surface area (Å²) in [6.45, 7) is 1.29. The monoisotopic (exact) mass is 393 g/mol. The van der Waals surface area contributed by atoms with E-state index in [0.717, 1.165) is 16.1 Å². The molecule has 2 aromatic rings. The SMILES string of the molecule is COc1ccc(C)cc1S(=O)(=O)N(C)CC(=O)N/N=C/c1ccccc1F. The van der Waals surface area contributed by atoms with Crippen LogP contribution in [0, 0.1) is 12.7 Å². The van der Waals surface area contributed by atoms with Gasteiger partial charge in [0.15, 0.2) is 0 Å². The van der Waals surface area contributed by atoms with Crippen molar-refractivity contribution < 1.29 is 22.3 Å². The first-order valence-corrected chi connectivity index (χ1v) is 9.37. The molecule has 1 N–H and O–H groups in total. The molecule has 0 aromatic heterocycles. The summed E-state index contributed by atoms with van der Waals surface area (Å²) in [4.78, 5) is 11.9. The highest BCUT2D eigenvalue weighted by molar-refractivity contribution is 7.89. The summed E-state index contributed by atoms with van der Waals surface area (Å²) in [6, 6.07) is 10.7. The van der Waals surface area contributed by atoms with Gasteiger partial charge in [0.25, 0.3) is 5.91 Å². The molecule has 27 heavy (non-hydrogen) atoms. The van der Waals surface area contributed by atoms with Crippen molar-refractivity contribution in [3.05, 3.63) is 59.4 Å². The van der Waals surface area contributed by atoms with E-state index in [0.29, 0.717) is 0 Å². The van der Waals surface area contributed by atoms with E-state index < -0.39 is 28.3 Å². The molecule has 7 nitrogen and oxygen atoms in total. The largest absolute Gasteiger partial charge is 0.495 e. The van der Waals surface area contributed by atoms with Crippen LogP contribution in [0.1, 0.15) is 11.1 Å². The van der Waals surface area contributed by atoms with E-state index in [1.54, 1.807) is 25.1 Å². The minimum absolute atomic E-state index is 0.0323. The van der Waals surface area contributed by atoms with Gasteiger partial charge in [0.05, 0.1) is 19.9 Å². The first-order valence-electron chi connectivity index (χ1n) is 7.93. The van der Waals surface area contributed by atoms with Crippen LogP contribution < -0.4 is 10.2 Å². The minimum Gasteiger partial charge on any atom is -0.495 e. The molecule has 0 heterocycles. The Kier molecular flexibility index (Phi) is 6.65. The lowest BCUT2D eigenvalue weighted by atomic mass is 10.2. The number of sulfonamides is 1. The van der Waals surface area contributed by atoms with Crippen LogP contribution in [-0.4, -0.2) is 45.5 Å². The lowest BCUT2D eigenvalue weighted by Gasteiger charge is -2.18. The molecule has 2 aromatic carbocycles. The van der Waals surface area contributed by atoms with Gasteiger partial charge in [0, 0.05) is 12.6 Å². The summed E-state index contributed by atoms with van der Waals surface area (Å²) in [6.07, 6.45) is 1.14. The highest BCUT2D eigenvalue weighted by atomic mass is 32.2. The van der Waals surface area contributed by atoms with Gasteiger partial charge in [-0.25, -0.2) is 18.2 Å². The van der Waals surface area contributed by atoms with Gasteiger partial charge in [-0.1, -0.05) is 24.3 Å². The summed E-state index contributed by atoms with van der Waals surface area (Å²) in [5.41, 5.74) is 3.11. The molecule has 0 unspecified atom stereocenters. The number of hydrazone groups is 1. The third-order valence-electron chi connectivity index (χ3n) is 3.67. The van der Waals surface area contributed by atoms with E-state index in [4.69, 9.17) is 4.74 Å². The number of likely N-dealkylation sites (N-methyl/N-ethyl adjacent to an activating group) is 1. The topological polar surface area (TPSA) is 88.1 Å². The average Bonchev–Trinajstić information content (AvgIpc) is 2.63. The highest BCUT2D eigenvalue weighted by Gasteiger charge is 2.26. The Morgan fingerprint density at radius 2 is 2.00 bits per heavy atom. The van der Waals surface area contributed by atoms with E-state index in [2.05, 4.69) is 10.5 Å². The van der Waals surface area contributed by atoms with E-state index in [1.165, 1.54) is 38.4 Å². The van der Waals surface area contributed by atoms with Crippen molar-refractivity contribution in [1.29, 1.82) is 0 Å². The van der Waals surface area contributed by atoms with Crippen molar-refractivity contribution in [2.45, 2.75) is 11.8 Å². The van der Waals surface area contributed by atoms with Crippen molar-refractivity contribution in [2.75, 3.05) is 20.7 Å². The second kappa shape index (κ2) is 8.74. The molecule has 1 amide bonds. The van der Waals surface area contributed by atoms with Crippen LogP contribution in [0.2, 0.25) is 0 Å². The van der Waals surface area contributed by atoms with Gasteiger partial charge in [0.1, 0.15) is 16.5 Å². The number of halogens is 1. The fourth-order valence-corrected chi connectivity index (χ4v) is 3.59. The second-order valence-corrected chi connectivity index (χ2v) is 7.74. The predicted molar refractivity (Wildman–Crippen MR) is 99.7 cm³/mol. The van der Waals surface area contributed by atoms with Gasteiger partial charge in [-0.3, -0.25) is 4.79 Å². The molecule has 0 atom stereocenters. The van der Waals surface area contributed by atoms with Gasteiger partial charge < -0.3 is 4.74 Å². The van der Waals surface area contributed by atoms with E-state index in [9.17, 15) is 17.6 Å². The van der Waals surface area contributed by atoms with Gasteiger partial charge in [-0.2, -0.15) is 9.41 Å². The van der Waals surface area contributed by atoms with Gasteiger partial charge in [-0.15, -0.1) is 0 Å².